The van der Waals surface area contributed by atoms with E-state index in [0.29, 0.717) is 17.3 Å². The van der Waals surface area contributed by atoms with Crippen LogP contribution in [0.5, 0.6) is 5.75 Å². The maximum absolute atomic E-state index is 13.0. The number of carbonyl (C=O) groups excluding carboxylic acids is 1. The fourth-order valence-electron chi connectivity index (χ4n) is 5.53. The van der Waals surface area contributed by atoms with Gasteiger partial charge in [-0.1, -0.05) is 128 Å². The Kier molecular flexibility index (Phi) is 15.6. The quantitative estimate of drug-likeness (QED) is 0.0484. The van der Waals surface area contributed by atoms with Gasteiger partial charge in [0.05, 0.1) is 27.2 Å². The monoisotopic (exact) mass is 633 g/mol. The topological polar surface area (TPSA) is 160 Å². The molecule has 3 rings (SSSR count). The molecule has 11 nitrogen and oxygen atoms in total. The van der Waals surface area contributed by atoms with E-state index in [4.69, 9.17) is 0 Å². The number of phenolic OH excluding ortho intramolecular Hbond substituents is 1. The van der Waals surface area contributed by atoms with E-state index in [1.165, 1.54) is 89.5 Å². The maximum Gasteiger partial charge on any atom is 0.303 e. The maximum atomic E-state index is 13.0. The summed E-state index contributed by atoms with van der Waals surface area (Å²) in [6.07, 6.45) is 20.3. The molecule has 11 heteroatoms. The fourth-order valence-corrected chi connectivity index (χ4v) is 5.53. The van der Waals surface area contributed by atoms with Gasteiger partial charge < -0.3 is 10.4 Å². The number of nitrogens with one attached hydrogen (secondary N) is 1. The highest BCUT2D eigenvalue weighted by molar-refractivity contribution is 6.07. The van der Waals surface area contributed by atoms with Crippen molar-refractivity contribution in [2.24, 2.45) is 10.2 Å². The van der Waals surface area contributed by atoms with Crippen LogP contribution in [-0.2, 0) is 0 Å². The minimum atomic E-state index is -0.770. The normalized spacial score (nSPS) is 11.3. The first-order chi connectivity index (χ1) is 22.3. The molecule has 0 saturated carbocycles. The molecule has 46 heavy (non-hydrogen) atoms. The van der Waals surface area contributed by atoms with Crippen molar-refractivity contribution in [3.8, 4) is 5.75 Å². The number of rotatable bonds is 22. The summed E-state index contributed by atoms with van der Waals surface area (Å²) in [7, 11) is 0. The molecular formula is C35H47N5O6. The third-order valence-electron chi connectivity index (χ3n) is 8.19. The highest BCUT2D eigenvalue weighted by Crippen LogP contribution is 2.38. The zero-order valence-electron chi connectivity index (χ0n) is 26.9. The van der Waals surface area contributed by atoms with Gasteiger partial charge in [-0.15, -0.1) is 10.2 Å². The van der Waals surface area contributed by atoms with Crippen LogP contribution >= 0.6 is 0 Å². The first kappa shape index (κ1) is 36.1. The number of unbranched alkanes of at least 4 members (excludes halogenated alkanes) is 15. The number of hydrogen-bond acceptors (Lipinski definition) is 8. The van der Waals surface area contributed by atoms with Crippen molar-refractivity contribution in [1.82, 2.24) is 5.32 Å². The molecule has 0 heterocycles. The molecule has 3 aromatic rings. The van der Waals surface area contributed by atoms with Crippen LogP contribution in [0.15, 0.2) is 58.8 Å². The van der Waals surface area contributed by atoms with Gasteiger partial charge in [0.15, 0.2) is 5.69 Å². The van der Waals surface area contributed by atoms with E-state index in [-0.39, 0.29) is 22.7 Å². The first-order valence-electron chi connectivity index (χ1n) is 16.7. The van der Waals surface area contributed by atoms with E-state index in [0.717, 1.165) is 37.5 Å². The smallest absolute Gasteiger partial charge is 0.303 e. The molecule has 0 unspecified atom stereocenters. The fraction of sp³-hybridized carbons (Fsp3) is 0.514. The molecule has 1 amide bonds. The summed E-state index contributed by atoms with van der Waals surface area (Å²) in [4.78, 5) is 34.1. The number of non-ortho nitro benzene ring substituents is 1. The van der Waals surface area contributed by atoms with E-state index in [9.17, 15) is 30.1 Å². The summed E-state index contributed by atoms with van der Waals surface area (Å²) >= 11 is 0. The molecule has 0 radical (unpaired) electrons. The molecular weight excluding hydrogens is 586 g/mol. The van der Waals surface area contributed by atoms with E-state index < -0.39 is 27.1 Å². The van der Waals surface area contributed by atoms with Gasteiger partial charge in [0.1, 0.15) is 5.75 Å². The number of fused-ring (bicyclic) bond motifs is 1. The van der Waals surface area contributed by atoms with Crippen molar-refractivity contribution >= 4 is 39.4 Å². The van der Waals surface area contributed by atoms with E-state index in [2.05, 4.69) is 22.5 Å². The Balaban J connectivity index is 1.46. The Morgan fingerprint density at radius 2 is 1.22 bits per heavy atom. The SMILES string of the molecule is CCCCCCCCCCCCCCCCCCNC(=O)c1cc(N=Nc2ccc([N+](=O)[O-])cc2[N+](=O)[O-])c2ccccc2c1O. The van der Waals surface area contributed by atoms with Gasteiger partial charge in [-0.2, -0.15) is 0 Å². The molecule has 0 saturated heterocycles. The lowest BCUT2D eigenvalue weighted by atomic mass is 10.0. The molecule has 0 aliphatic heterocycles. The van der Waals surface area contributed by atoms with Gasteiger partial charge in [0, 0.05) is 23.4 Å². The minimum absolute atomic E-state index is 0.0161. The lowest BCUT2D eigenvalue weighted by Crippen LogP contribution is -2.24. The number of nitro groups is 2. The Hall–Kier alpha value is -4.41. The standard InChI is InChI=1S/C35H47N5O6/c1-2-3-4-5-6-7-8-9-10-11-12-13-14-15-16-19-24-36-35(42)30-26-32(28-20-17-18-21-29(28)34(30)41)38-37-31-23-22-27(39(43)44)25-33(31)40(45)46/h17-18,20-23,25-26,41H,2-16,19,24H2,1H3,(H,36,42). The molecule has 0 fully saturated rings. The second-order valence-electron chi connectivity index (χ2n) is 11.8. The molecule has 0 bridgehead atoms. The van der Waals surface area contributed by atoms with Crippen LogP contribution < -0.4 is 5.32 Å². The molecule has 2 N–H and O–H groups in total. The number of carbonyl (C=O) groups is 1. The number of phenols is 1. The lowest BCUT2D eigenvalue weighted by molar-refractivity contribution is -0.393. The van der Waals surface area contributed by atoms with Crippen molar-refractivity contribution in [3.05, 3.63) is 74.3 Å². The highest BCUT2D eigenvalue weighted by atomic mass is 16.6. The van der Waals surface area contributed by atoms with Crippen LogP contribution in [0.25, 0.3) is 10.8 Å². The number of hydrogen-bond donors (Lipinski definition) is 2. The van der Waals surface area contributed by atoms with Crippen LogP contribution in [0.4, 0.5) is 22.7 Å². The average Bonchev–Trinajstić information content (AvgIpc) is 3.05. The number of nitro benzene ring substituents is 2. The van der Waals surface area contributed by atoms with Gasteiger partial charge in [-0.05, 0) is 18.6 Å². The van der Waals surface area contributed by atoms with Crippen LogP contribution in [0.1, 0.15) is 120 Å². The zero-order chi connectivity index (χ0) is 33.1. The van der Waals surface area contributed by atoms with Gasteiger partial charge in [-0.3, -0.25) is 25.0 Å². The van der Waals surface area contributed by atoms with Crippen LogP contribution in [-0.4, -0.2) is 27.4 Å². The molecule has 3 aromatic carbocycles. The zero-order valence-corrected chi connectivity index (χ0v) is 26.9. The van der Waals surface area contributed by atoms with Crippen molar-refractivity contribution in [1.29, 1.82) is 0 Å². The van der Waals surface area contributed by atoms with E-state index in [1.54, 1.807) is 24.3 Å². The lowest BCUT2D eigenvalue weighted by Gasteiger charge is -2.11. The molecule has 0 aliphatic carbocycles. The summed E-state index contributed by atoms with van der Waals surface area (Å²) in [5, 5.41) is 45.3. The largest absolute Gasteiger partial charge is 0.506 e. The van der Waals surface area contributed by atoms with E-state index in [1.807, 2.05) is 0 Å². The third kappa shape index (κ3) is 11.5. The van der Waals surface area contributed by atoms with Gasteiger partial charge in [0.25, 0.3) is 11.6 Å². The molecule has 0 aromatic heterocycles. The van der Waals surface area contributed by atoms with Crippen molar-refractivity contribution in [3.63, 3.8) is 0 Å². The second-order valence-corrected chi connectivity index (χ2v) is 11.8. The summed E-state index contributed by atoms with van der Waals surface area (Å²) < 4.78 is 0. The molecule has 0 spiro atoms. The van der Waals surface area contributed by atoms with E-state index >= 15 is 0 Å². The first-order valence-corrected chi connectivity index (χ1v) is 16.7. The summed E-state index contributed by atoms with van der Waals surface area (Å²) in [6, 6.07) is 11.2. The number of aromatic hydroxyl groups is 1. The minimum Gasteiger partial charge on any atom is -0.506 e. The Morgan fingerprint density at radius 3 is 1.76 bits per heavy atom. The third-order valence-corrected chi connectivity index (χ3v) is 8.19. The number of benzene rings is 3. The van der Waals surface area contributed by atoms with Gasteiger partial charge in [-0.25, -0.2) is 0 Å². The van der Waals surface area contributed by atoms with Gasteiger partial charge in [0.2, 0.25) is 0 Å². The molecule has 0 aliphatic rings. The summed E-state index contributed by atoms with van der Waals surface area (Å²) in [5.41, 5.74) is -0.958. The number of nitrogens with zero attached hydrogens (tertiary/aromatic N) is 4. The van der Waals surface area contributed by atoms with Crippen LogP contribution in [0, 0.1) is 20.2 Å². The van der Waals surface area contributed by atoms with Crippen LogP contribution in [0.2, 0.25) is 0 Å². The highest BCUT2D eigenvalue weighted by Gasteiger charge is 2.21. The Morgan fingerprint density at radius 1 is 0.696 bits per heavy atom. The second kappa shape index (κ2) is 19.9. The Labute approximate surface area is 270 Å². The predicted octanol–water partition coefficient (Wildman–Crippen LogP) is 10.8. The van der Waals surface area contributed by atoms with Crippen molar-refractivity contribution in [2.75, 3.05) is 6.54 Å². The molecule has 248 valence electrons. The summed E-state index contributed by atoms with van der Waals surface area (Å²) in [5.74, 6) is -0.651. The van der Waals surface area contributed by atoms with Gasteiger partial charge >= 0.3 is 5.69 Å². The number of azo groups is 1. The van der Waals surface area contributed by atoms with Crippen molar-refractivity contribution in [2.45, 2.75) is 110 Å². The predicted molar refractivity (Wildman–Crippen MR) is 181 cm³/mol. The van der Waals surface area contributed by atoms with Crippen LogP contribution in [0.3, 0.4) is 0 Å². The Bertz CT molecular complexity index is 1480. The average molecular weight is 634 g/mol. The molecule has 0 atom stereocenters. The summed E-state index contributed by atoms with van der Waals surface area (Å²) in [6.45, 7) is 2.72. The number of amides is 1. The van der Waals surface area contributed by atoms with Crippen molar-refractivity contribution < 1.29 is 19.7 Å².